The molecule has 0 aliphatic rings. The number of aryl methyl sites for hydroxylation is 1. The van der Waals surface area contributed by atoms with Crippen molar-refractivity contribution in [1.82, 2.24) is 15.1 Å². The first-order chi connectivity index (χ1) is 7.97. The highest BCUT2D eigenvalue weighted by Gasteiger charge is 2.22. The van der Waals surface area contributed by atoms with Gasteiger partial charge in [0.2, 0.25) is 0 Å². The van der Waals surface area contributed by atoms with Crippen LogP contribution in [0.5, 0.6) is 0 Å². The van der Waals surface area contributed by atoms with Gasteiger partial charge in [-0.3, -0.25) is 9.48 Å². The fraction of sp³-hybridized carbons (Fsp3) is 0.500. The fourth-order valence-electron chi connectivity index (χ4n) is 1.46. The molecule has 1 atom stereocenters. The minimum atomic E-state index is -0.512. The molecule has 1 rings (SSSR count). The van der Waals surface area contributed by atoms with Gasteiger partial charge < -0.3 is 16.3 Å². The fourth-order valence-corrected chi connectivity index (χ4v) is 1.46. The number of amides is 1. The van der Waals surface area contributed by atoms with E-state index in [4.69, 9.17) is 10.9 Å². The van der Waals surface area contributed by atoms with Gasteiger partial charge in [0, 0.05) is 13.2 Å². The highest BCUT2D eigenvalue weighted by atomic mass is 16.4. The van der Waals surface area contributed by atoms with Crippen molar-refractivity contribution >= 4 is 11.7 Å². The van der Waals surface area contributed by atoms with Crippen LogP contribution in [0.1, 0.15) is 24.3 Å². The number of nitrogens with two attached hydrogens (primary N) is 1. The molecule has 0 saturated carbocycles. The third kappa shape index (κ3) is 2.96. The van der Waals surface area contributed by atoms with Crippen molar-refractivity contribution in [1.29, 1.82) is 0 Å². The quantitative estimate of drug-likeness (QED) is 0.296. The molecule has 0 aliphatic carbocycles. The van der Waals surface area contributed by atoms with Crippen molar-refractivity contribution in [2.24, 2.45) is 23.9 Å². The summed E-state index contributed by atoms with van der Waals surface area (Å²) >= 11 is 0. The van der Waals surface area contributed by atoms with Crippen LogP contribution in [-0.4, -0.2) is 32.8 Å². The zero-order chi connectivity index (χ0) is 13.0. The Kier molecular flexibility index (Phi) is 4.08. The maximum absolute atomic E-state index is 11.9. The molecule has 1 aromatic heterocycles. The third-order valence-electron chi connectivity index (χ3n) is 2.44. The molecular weight excluding hydrogens is 222 g/mol. The lowest BCUT2D eigenvalue weighted by atomic mass is 10.0. The highest BCUT2D eigenvalue weighted by Crippen LogP contribution is 2.04. The van der Waals surface area contributed by atoms with E-state index >= 15 is 0 Å². The summed E-state index contributed by atoms with van der Waals surface area (Å²) in [6, 6.07) is 1.08. The second-order valence-electron chi connectivity index (χ2n) is 4.06. The van der Waals surface area contributed by atoms with E-state index in [1.54, 1.807) is 13.1 Å². The second kappa shape index (κ2) is 5.33. The SMILES string of the molecule is CC(C)C(NC(=O)c1ccnn1C)C(N)=NO. The Morgan fingerprint density at radius 1 is 1.65 bits per heavy atom. The molecule has 1 unspecified atom stereocenters. The molecule has 94 valence electrons. The van der Waals surface area contributed by atoms with E-state index < -0.39 is 6.04 Å². The Balaban J connectivity index is 2.82. The first kappa shape index (κ1) is 13.0. The number of oxime groups is 1. The number of hydrogen-bond acceptors (Lipinski definition) is 4. The number of carbonyl (C=O) groups excluding carboxylic acids is 1. The van der Waals surface area contributed by atoms with Crippen molar-refractivity contribution in [3.05, 3.63) is 18.0 Å². The highest BCUT2D eigenvalue weighted by molar-refractivity contribution is 5.97. The average Bonchev–Trinajstić information content (AvgIpc) is 2.70. The van der Waals surface area contributed by atoms with Crippen LogP contribution in [0, 0.1) is 5.92 Å². The van der Waals surface area contributed by atoms with Crippen LogP contribution < -0.4 is 11.1 Å². The van der Waals surface area contributed by atoms with Gasteiger partial charge in [0.1, 0.15) is 5.69 Å². The van der Waals surface area contributed by atoms with Crippen molar-refractivity contribution in [3.8, 4) is 0 Å². The van der Waals surface area contributed by atoms with Crippen molar-refractivity contribution < 1.29 is 10.0 Å². The monoisotopic (exact) mass is 239 g/mol. The van der Waals surface area contributed by atoms with Crippen LogP contribution in [-0.2, 0) is 7.05 Å². The smallest absolute Gasteiger partial charge is 0.270 e. The Labute approximate surface area is 99.3 Å². The Morgan fingerprint density at radius 3 is 2.71 bits per heavy atom. The van der Waals surface area contributed by atoms with E-state index in [0.717, 1.165) is 0 Å². The first-order valence-electron chi connectivity index (χ1n) is 5.23. The van der Waals surface area contributed by atoms with Gasteiger partial charge in [-0.05, 0) is 12.0 Å². The molecule has 0 radical (unpaired) electrons. The first-order valence-corrected chi connectivity index (χ1v) is 5.23. The van der Waals surface area contributed by atoms with E-state index in [1.165, 1.54) is 10.9 Å². The zero-order valence-corrected chi connectivity index (χ0v) is 10.1. The van der Waals surface area contributed by atoms with E-state index in [-0.39, 0.29) is 17.7 Å². The number of carbonyl (C=O) groups is 1. The lowest BCUT2D eigenvalue weighted by molar-refractivity contribution is 0.0929. The van der Waals surface area contributed by atoms with Crippen LogP contribution in [0.25, 0.3) is 0 Å². The van der Waals surface area contributed by atoms with Gasteiger partial charge in [-0.25, -0.2) is 0 Å². The molecule has 17 heavy (non-hydrogen) atoms. The molecule has 0 aromatic carbocycles. The van der Waals surface area contributed by atoms with Crippen LogP contribution in [0.2, 0.25) is 0 Å². The molecular formula is C10H17N5O2. The maximum Gasteiger partial charge on any atom is 0.270 e. The summed E-state index contributed by atoms with van der Waals surface area (Å²) in [5.41, 5.74) is 5.94. The molecule has 1 aromatic rings. The summed E-state index contributed by atoms with van der Waals surface area (Å²) in [6.07, 6.45) is 1.53. The van der Waals surface area contributed by atoms with Gasteiger partial charge in [0.15, 0.2) is 5.84 Å². The van der Waals surface area contributed by atoms with Gasteiger partial charge in [0.25, 0.3) is 5.91 Å². The number of nitrogens with zero attached hydrogens (tertiary/aromatic N) is 3. The largest absolute Gasteiger partial charge is 0.409 e. The lowest BCUT2D eigenvalue weighted by Gasteiger charge is -2.20. The summed E-state index contributed by atoms with van der Waals surface area (Å²) in [6.45, 7) is 3.73. The zero-order valence-electron chi connectivity index (χ0n) is 10.1. The second-order valence-corrected chi connectivity index (χ2v) is 4.06. The average molecular weight is 239 g/mol. The van der Waals surface area contributed by atoms with E-state index in [1.807, 2.05) is 13.8 Å². The minimum Gasteiger partial charge on any atom is -0.409 e. The molecule has 1 heterocycles. The van der Waals surface area contributed by atoms with E-state index in [2.05, 4.69) is 15.6 Å². The Morgan fingerprint density at radius 2 is 2.29 bits per heavy atom. The van der Waals surface area contributed by atoms with Crippen LogP contribution >= 0.6 is 0 Å². The number of nitrogens with one attached hydrogen (secondary N) is 1. The van der Waals surface area contributed by atoms with E-state index in [9.17, 15) is 4.79 Å². The van der Waals surface area contributed by atoms with Crippen molar-refractivity contribution in [2.75, 3.05) is 0 Å². The number of rotatable bonds is 4. The Bertz CT molecular complexity index is 424. The topological polar surface area (TPSA) is 106 Å². The van der Waals surface area contributed by atoms with Gasteiger partial charge in [-0.2, -0.15) is 5.10 Å². The molecule has 1 amide bonds. The molecule has 0 fully saturated rings. The summed E-state index contributed by atoms with van der Waals surface area (Å²) in [4.78, 5) is 11.9. The number of amidine groups is 1. The molecule has 0 bridgehead atoms. The number of hydrogen-bond donors (Lipinski definition) is 3. The Hall–Kier alpha value is -2.05. The summed E-state index contributed by atoms with van der Waals surface area (Å²) in [5.74, 6) is -0.311. The molecule has 0 spiro atoms. The van der Waals surface area contributed by atoms with Gasteiger partial charge >= 0.3 is 0 Å². The van der Waals surface area contributed by atoms with Crippen LogP contribution in [0.4, 0.5) is 0 Å². The lowest BCUT2D eigenvalue weighted by Crippen LogP contribution is -2.48. The van der Waals surface area contributed by atoms with Crippen LogP contribution in [0.3, 0.4) is 0 Å². The molecule has 4 N–H and O–H groups in total. The standard InChI is InChI=1S/C10H17N5O2/c1-6(2)8(9(11)14-17)13-10(16)7-4-5-12-15(7)3/h4-6,8,17H,1-3H3,(H2,11,14)(H,13,16). The third-order valence-corrected chi connectivity index (χ3v) is 2.44. The predicted molar refractivity (Wildman–Crippen MR) is 62.7 cm³/mol. The number of aromatic nitrogens is 2. The molecule has 0 saturated heterocycles. The summed E-state index contributed by atoms with van der Waals surface area (Å²) < 4.78 is 1.46. The predicted octanol–water partition coefficient (Wildman–Crippen LogP) is -0.0791. The molecule has 0 aliphatic heterocycles. The molecule has 7 nitrogen and oxygen atoms in total. The van der Waals surface area contributed by atoms with Gasteiger partial charge in [0.05, 0.1) is 6.04 Å². The maximum atomic E-state index is 11.9. The van der Waals surface area contributed by atoms with E-state index in [0.29, 0.717) is 5.69 Å². The van der Waals surface area contributed by atoms with Crippen molar-refractivity contribution in [2.45, 2.75) is 19.9 Å². The minimum absolute atomic E-state index is 0.0167. The van der Waals surface area contributed by atoms with Gasteiger partial charge in [-0.1, -0.05) is 19.0 Å². The van der Waals surface area contributed by atoms with Gasteiger partial charge in [-0.15, -0.1) is 0 Å². The summed E-state index contributed by atoms with van der Waals surface area (Å²) in [7, 11) is 1.67. The van der Waals surface area contributed by atoms with Crippen molar-refractivity contribution in [3.63, 3.8) is 0 Å². The normalized spacial score (nSPS) is 13.8. The van der Waals surface area contributed by atoms with Crippen LogP contribution in [0.15, 0.2) is 17.4 Å². The molecule has 7 heteroatoms. The summed E-state index contributed by atoms with van der Waals surface area (Å²) in [5, 5.41) is 18.2.